The molecular formula is C13H15ClN2O. The first-order valence-electron chi connectivity index (χ1n) is 5.96. The van der Waals surface area contributed by atoms with Gasteiger partial charge < -0.3 is 10.2 Å². The molecule has 1 fully saturated rings. The van der Waals surface area contributed by atoms with Gasteiger partial charge in [0.15, 0.2) is 11.5 Å². The van der Waals surface area contributed by atoms with Crippen molar-refractivity contribution in [2.45, 2.75) is 25.7 Å². The summed E-state index contributed by atoms with van der Waals surface area (Å²) in [7, 11) is 0. The van der Waals surface area contributed by atoms with Crippen molar-refractivity contribution in [1.29, 1.82) is 0 Å². The van der Waals surface area contributed by atoms with E-state index in [4.69, 9.17) is 21.8 Å². The number of nitrogens with zero attached hydrogens (tertiary/aromatic N) is 1. The lowest BCUT2D eigenvalue weighted by molar-refractivity contribution is 0.134. The van der Waals surface area contributed by atoms with Crippen LogP contribution in [0.4, 0.5) is 0 Å². The van der Waals surface area contributed by atoms with Gasteiger partial charge in [0.2, 0.25) is 0 Å². The highest BCUT2D eigenvalue weighted by Crippen LogP contribution is 2.42. The Morgan fingerprint density at radius 1 is 1.41 bits per heavy atom. The number of hydrogen-bond acceptors (Lipinski definition) is 3. The van der Waals surface area contributed by atoms with Crippen molar-refractivity contribution in [2.24, 2.45) is 11.1 Å². The molecule has 0 unspecified atom stereocenters. The van der Waals surface area contributed by atoms with E-state index in [0.29, 0.717) is 11.6 Å². The highest BCUT2D eigenvalue weighted by atomic mass is 35.5. The minimum Gasteiger partial charge on any atom is -0.441 e. The van der Waals surface area contributed by atoms with Crippen LogP contribution in [-0.2, 0) is 6.42 Å². The van der Waals surface area contributed by atoms with Gasteiger partial charge in [-0.2, -0.15) is 0 Å². The van der Waals surface area contributed by atoms with Gasteiger partial charge in [0, 0.05) is 17.5 Å². The van der Waals surface area contributed by atoms with Crippen LogP contribution in [-0.4, -0.2) is 11.5 Å². The fraction of sp³-hybridized carbons (Fsp3) is 0.462. The zero-order chi connectivity index (χ0) is 11.9. The lowest BCUT2D eigenvalue weighted by Gasteiger charge is -2.39. The predicted octanol–water partition coefficient (Wildman–Crippen LogP) is 3.15. The number of benzene rings is 1. The minimum atomic E-state index is 0.227. The Kier molecular flexibility index (Phi) is 2.60. The van der Waals surface area contributed by atoms with E-state index >= 15 is 0 Å². The zero-order valence-corrected chi connectivity index (χ0v) is 10.3. The Labute approximate surface area is 105 Å². The van der Waals surface area contributed by atoms with Crippen molar-refractivity contribution in [3.63, 3.8) is 0 Å². The van der Waals surface area contributed by atoms with Gasteiger partial charge in [-0.3, -0.25) is 0 Å². The fourth-order valence-corrected chi connectivity index (χ4v) is 2.63. The second kappa shape index (κ2) is 4.00. The fourth-order valence-electron chi connectivity index (χ4n) is 2.47. The molecule has 90 valence electrons. The Balaban J connectivity index is 1.90. The van der Waals surface area contributed by atoms with Gasteiger partial charge in [0.25, 0.3) is 0 Å². The molecule has 2 N–H and O–H groups in total. The first-order valence-corrected chi connectivity index (χ1v) is 6.34. The molecule has 0 aliphatic heterocycles. The summed E-state index contributed by atoms with van der Waals surface area (Å²) in [6.45, 7) is 0.715. The smallest absolute Gasteiger partial charge is 0.196 e. The molecule has 1 aliphatic carbocycles. The minimum absolute atomic E-state index is 0.227. The summed E-state index contributed by atoms with van der Waals surface area (Å²) in [6.07, 6.45) is 4.48. The molecule has 2 aromatic rings. The van der Waals surface area contributed by atoms with E-state index < -0.39 is 0 Å². The van der Waals surface area contributed by atoms with Gasteiger partial charge in [-0.1, -0.05) is 18.0 Å². The van der Waals surface area contributed by atoms with Gasteiger partial charge in [0.1, 0.15) is 5.52 Å². The van der Waals surface area contributed by atoms with Gasteiger partial charge in [-0.05, 0) is 36.9 Å². The van der Waals surface area contributed by atoms with Gasteiger partial charge in [-0.25, -0.2) is 4.98 Å². The normalized spacial score (nSPS) is 18.2. The second-order valence-electron chi connectivity index (χ2n) is 4.95. The van der Waals surface area contributed by atoms with Crippen LogP contribution < -0.4 is 5.73 Å². The van der Waals surface area contributed by atoms with Crippen LogP contribution in [0.25, 0.3) is 11.1 Å². The standard InChI is InChI=1S/C13H15ClN2O/c14-9-2-3-10-11(6-9)17-12(16-10)7-13(8-15)4-1-5-13/h2-3,6H,1,4-5,7-8,15H2. The second-order valence-corrected chi connectivity index (χ2v) is 5.39. The molecule has 0 spiro atoms. The van der Waals surface area contributed by atoms with Crippen LogP contribution in [0.3, 0.4) is 0 Å². The van der Waals surface area contributed by atoms with E-state index in [9.17, 15) is 0 Å². The Bertz CT molecular complexity index is 540. The maximum absolute atomic E-state index is 5.92. The summed E-state index contributed by atoms with van der Waals surface area (Å²) in [5.74, 6) is 0.785. The first kappa shape index (κ1) is 11.1. The van der Waals surface area contributed by atoms with Crippen LogP contribution in [0, 0.1) is 5.41 Å². The summed E-state index contributed by atoms with van der Waals surface area (Å²) >= 11 is 5.92. The highest BCUT2D eigenvalue weighted by molar-refractivity contribution is 6.31. The molecule has 4 heteroatoms. The summed E-state index contributed by atoms with van der Waals surface area (Å²) in [4.78, 5) is 4.49. The van der Waals surface area contributed by atoms with Crippen LogP contribution in [0.5, 0.6) is 0 Å². The molecule has 0 amide bonds. The number of hydrogen-bond donors (Lipinski definition) is 1. The van der Waals surface area contributed by atoms with Crippen LogP contribution in [0.2, 0.25) is 5.02 Å². The summed E-state index contributed by atoms with van der Waals surface area (Å²) in [5.41, 5.74) is 7.71. The van der Waals surface area contributed by atoms with E-state index in [1.54, 1.807) is 0 Å². The van der Waals surface area contributed by atoms with E-state index in [-0.39, 0.29) is 5.41 Å². The SMILES string of the molecule is NCC1(Cc2nc3ccc(Cl)cc3o2)CCC1. The van der Waals surface area contributed by atoms with Crippen LogP contribution in [0.1, 0.15) is 25.2 Å². The maximum Gasteiger partial charge on any atom is 0.196 e. The maximum atomic E-state index is 5.92. The van der Waals surface area contributed by atoms with Crippen LogP contribution in [0.15, 0.2) is 22.6 Å². The van der Waals surface area contributed by atoms with Gasteiger partial charge in [-0.15, -0.1) is 0 Å². The van der Waals surface area contributed by atoms with Crippen molar-refractivity contribution in [1.82, 2.24) is 4.98 Å². The summed E-state index contributed by atoms with van der Waals surface area (Å²) < 4.78 is 5.73. The molecule has 0 atom stereocenters. The van der Waals surface area contributed by atoms with Crippen molar-refractivity contribution < 1.29 is 4.42 Å². The molecule has 1 saturated carbocycles. The predicted molar refractivity (Wildman–Crippen MR) is 68.1 cm³/mol. The molecule has 3 nitrogen and oxygen atoms in total. The zero-order valence-electron chi connectivity index (χ0n) is 9.58. The number of nitrogens with two attached hydrogens (primary N) is 1. The molecule has 1 heterocycles. The largest absolute Gasteiger partial charge is 0.441 e. The summed E-state index contributed by atoms with van der Waals surface area (Å²) in [5, 5.41) is 0.678. The van der Waals surface area contributed by atoms with Crippen molar-refractivity contribution in [3.8, 4) is 0 Å². The van der Waals surface area contributed by atoms with Crippen molar-refractivity contribution >= 4 is 22.7 Å². The Morgan fingerprint density at radius 2 is 2.24 bits per heavy atom. The molecule has 0 bridgehead atoms. The third-order valence-electron chi connectivity index (χ3n) is 3.77. The van der Waals surface area contributed by atoms with Crippen LogP contribution >= 0.6 is 11.6 Å². The first-order chi connectivity index (χ1) is 8.21. The molecular weight excluding hydrogens is 236 g/mol. The Morgan fingerprint density at radius 3 is 2.88 bits per heavy atom. The lowest BCUT2D eigenvalue weighted by Crippen LogP contribution is -2.39. The van der Waals surface area contributed by atoms with Crippen molar-refractivity contribution in [2.75, 3.05) is 6.54 Å². The number of rotatable bonds is 3. The number of fused-ring (bicyclic) bond motifs is 1. The monoisotopic (exact) mass is 250 g/mol. The molecule has 3 rings (SSSR count). The molecule has 1 aliphatic rings. The molecule has 0 radical (unpaired) electrons. The van der Waals surface area contributed by atoms with E-state index in [1.165, 1.54) is 19.3 Å². The number of oxazole rings is 1. The number of halogens is 1. The summed E-state index contributed by atoms with van der Waals surface area (Å²) in [6, 6.07) is 5.53. The Hall–Kier alpha value is -1.06. The third-order valence-corrected chi connectivity index (χ3v) is 4.00. The average Bonchev–Trinajstić information content (AvgIpc) is 2.65. The molecule has 17 heavy (non-hydrogen) atoms. The molecule has 1 aromatic heterocycles. The molecule has 1 aromatic carbocycles. The van der Waals surface area contributed by atoms with E-state index in [1.807, 2.05) is 18.2 Å². The quantitative estimate of drug-likeness (QED) is 0.911. The van der Waals surface area contributed by atoms with Gasteiger partial charge in [0.05, 0.1) is 0 Å². The lowest BCUT2D eigenvalue weighted by atomic mass is 9.67. The van der Waals surface area contributed by atoms with E-state index in [2.05, 4.69) is 4.98 Å². The average molecular weight is 251 g/mol. The van der Waals surface area contributed by atoms with Gasteiger partial charge >= 0.3 is 0 Å². The molecule has 0 saturated heterocycles. The highest BCUT2D eigenvalue weighted by Gasteiger charge is 2.37. The third kappa shape index (κ3) is 1.94. The van der Waals surface area contributed by atoms with E-state index in [0.717, 1.165) is 23.4 Å². The number of aromatic nitrogens is 1. The topological polar surface area (TPSA) is 52.0 Å². The van der Waals surface area contributed by atoms with Crippen molar-refractivity contribution in [3.05, 3.63) is 29.1 Å².